The van der Waals surface area contributed by atoms with Crippen LogP contribution in [0.1, 0.15) is 18.9 Å². The molecule has 0 aliphatic carbocycles. The molecule has 1 rings (SSSR count). The maximum absolute atomic E-state index is 5.03. The van der Waals surface area contributed by atoms with Crippen molar-refractivity contribution in [3.05, 3.63) is 34.3 Å². The van der Waals surface area contributed by atoms with Gasteiger partial charge in [-0.05, 0) is 44.6 Å². The molecule has 1 aromatic rings. The van der Waals surface area contributed by atoms with E-state index in [4.69, 9.17) is 4.74 Å². The Morgan fingerprint density at radius 1 is 1.42 bits per heavy atom. The fourth-order valence-corrected chi connectivity index (χ4v) is 2.33. The van der Waals surface area contributed by atoms with Gasteiger partial charge in [-0.15, -0.1) is 0 Å². The lowest BCUT2D eigenvalue weighted by molar-refractivity contribution is 0.191. The number of methoxy groups -OCH3 is 1. The quantitative estimate of drug-likeness (QED) is 0.705. The Morgan fingerprint density at radius 3 is 2.89 bits per heavy atom. The molecule has 1 unspecified atom stereocenters. The van der Waals surface area contributed by atoms with Crippen LogP contribution in [0, 0.1) is 0 Å². The molecule has 0 saturated heterocycles. The number of rotatable bonds is 9. The zero-order chi connectivity index (χ0) is 14.1. The maximum atomic E-state index is 5.03. The summed E-state index contributed by atoms with van der Waals surface area (Å²) in [7, 11) is 3.91. The summed E-state index contributed by atoms with van der Waals surface area (Å²) in [5.74, 6) is 0. The number of ether oxygens (including phenoxy) is 1. The first-order chi connectivity index (χ1) is 9.13. The summed E-state index contributed by atoms with van der Waals surface area (Å²) in [5, 5.41) is 3.47. The van der Waals surface area contributed by atoms with E-state index in [0.29, 0.717) is 6.04 Å². The summed E-state index contributed by atoms with van der Waals surface area (Å²) in [5.41, 5.74) is 1.34. The molecule has 0 bridgehead atoms. The van der Waals surface area contributed by atoms with Crippen LogP contribution in [0.5, 0.6) is 0 Å². The molecule has 3 nitrogen and oxygen atoms in total. The fraction of sp³-hybridized carbons (Fsp3) is 0.600. The number of nitrogens with zero attached hydrogens (tertiary/aromatic N) is 1. The third-order valence-corrected chi connectivity index (χ3v) is 3.71. The van der Waals surface area contributed by atoms with Crippen LogP contribution >= 0.6 is 15.9 Å². The van der Waals surface area contributed by atoms with Crippen LogP contribution in [0.25, 0.3) is 0 Å². The predicted octanol–water partition coefficient (Wildman–Crippen LogP) is 2.90. The van der Waals surface area contributed by atoms with Crippen LogP contribution in [-0.2, 0) is 11.3 Å². The van der Waals surface area contributed by atoms with Crippen molar-refractivity contribution >= 4 is 15.9 Å². The molecule has 0 heterocycles. The molecule has 19 heavy (non-hydrogen) atoms. The van der Waals surface area contributed by atoms with Crippen LogP contribution in [0.4, 0.5) is 0 Å². The molecule has 0 aliphatic rings. The Balaban J connectivity index is 2.26. The first-order valence-electron chi connectivity index (χ1n) is 6.78. The summed E-state index contributed by atoms with van der Waals surface area (Å²) in [4.78, 5) is 2.37. The molecule has 4 heteroatoms. The lowest BCUT2D eigenvalue weighted by Gasteiger charge is -2.25. The minimum absolute atomic E-state index is 0.515. The second-order valence-electron chi connectivity index (χ2n) is 4.94. The zero-order valence-electron chi connectivity index (χ0n) is 12.2. The highest BCUT2D eigenvalue weighted by molar-refractivity contribution is 9.10. The summed E-state index contributed by atoms with van der Waals surface area (Å²) < 4.78 is 6.17. The molecule has 0 fully saturated rings. The highest BCUT2D eigenvalue weighted by atomic mass is 79.9. The number of nitrogens with one attached hydrogen (secondary N) is 1. The van der Waals surface area contributed by atoms with Crippen molar-refractivity contribution in [3.63, 3.8) is 0 Å². The maximum Gasteiger partial charge on any atom is 0.0474 e. The van der Waals surface area contributed by atoms with Crippen molar-refractivity contribution in [2.75, 3.05) is 33.9 Å². The van der Waals surface area contributed by atoms with Crippen molar-refractivity contribution in [2.45, 2.75) is 25.9 Å². The second-order valence-corrected chi connectivity index (χ2v) is 5.86. The van der Waals surface area contributed by atoms with E-state index in [9.17, 15) is 0 Å². The van der Waals surface area contributed by atoms with Gasteiger partial charge in [0.15, 0.2) is 0 Å². The number of benzene rings is 1. The van der Waals surface area contributed by atoms with Crippen LogP contribution in [0.3, 0.4) is 0 Å². The largest absolute Gasteiger partial charge is 0.385 e. The minimum Gasteiger partial charge on any atom is -0.385 e. The van der Waals surface area contributed by atoms with Crippen molar-refractivity contribution in [2.24, 2.45) is 0 Å². The van der Waals surface area contributed by atoms with Gasteiger partial charge in [-0.3, -0.25) is 4.90 Å². The molecule has 0 spiro atoms. The molecule has 0 aliphatic heterocycles. The number of likely N-dealkylation sites (N-methyl/N-ethyl adjacent to an activating group) is 1. The van der Waals surface area contributed by atoms with Gasteiger partial charge in [0.25, 0.3) is 0 Å². The van der Waals surface area contributed by atoms with Gasteiger partial charge in [-0.1, -0.05) is 28.1 Å². The summed E-state index contributed by atoms with van der Waals surface area (Å²) >= 11 is 3.51. The number of hydrogen-bond donors (Lipinski definition) is 1. The molecule has 108 valence electrons. The Hall–Kier alpha value is -0.420. The standard InChI is InChI=1S/C15H25BrN2O/c1-13(11-17-8-5-9-19-3)18(2)12-14-6-4-7-15(16)10-14/h4,6-7,10,13,17H,5,8-9,11-12H2,1-3H3. The van der Waals surface area contributed by atoms with E-state index in [1.54, 1.807) is 7.11 Å². The molecular weight excluding hydrogens is 304 g/mol. The highest BCUT2D eigenvalue weighted by Crippen LogP contribution is 2.13. The molecule has 0 aromatic heterocycles. The van der Waals surface area contributed by atoms with E-state index in [0.717, 1.165) is 37.1 Å². The Bertz CT molecular complexity index is 360. The minimum atomic E-state index is 0.515. The van der Waals surface area contributed by atoms with Gasteiger partial charge < -0.3 is 10.1 Å². The van der Waals surface area contributed by atoms with Gasteiger partial charge in [0, 0.05) is 37.3 Å². The second kappa shape index (κ2) is 9.48. The van der Waals surface area contributed by atoms with E-state index in [2.05, 4.69) is 64.4 Å². The van der Waals surface area contributed by atoms with Crippen molar-refractivity contribution in [3.8, 4) is 0 Å². The average Bonchev–Trinajstić information content (AvgIpc) is 2.38. The van der Waals surface area contributed by atoms with Crippen molar-refractivity contribution in [1.82, 2.24) is 10.2 Å². The van der Waals surface area contributed by atoms with E-state index in [-0.39, 0.29) is 0 Å². The Kier molecular flexibility index (Phi) is 8.30. The third kappa shape index (κ3) is 7.06. The normalized spacial score (nSPS) is 12.9. The number of halogens is 1. The average molecular weight is 329 g/mol. The van der Waals surface area contributed by atoms with E-state index < -0.39 is 0 Å². The van der Waals surface area contributed by atoms with Crippen LogP contribution in [-0.4, -0.2) is 44.8 Å². The summed E-state index contributed by atoms with van der Waals surface area (Å²) in [6.07, 6.45) is 1.07. The molecule has 1 aromatic carbocycles. The molecular formula is C15H25BrN2O. The van der Waals surface area contributed by atoms with Gasteiger partial charge in [-0.2, -0.15) is 0 Å². The molecule has 1 atom stereocenters. The monoisotopic (exact) mass is 328 g/mol. The lowest BCUT2D eigenvalue weighted by atomic mass is 10.2. The SMILES string of the molecule is COCCCNCC(C)N(C)Cc1cccc(Br)c1. The van der Waals surface area contributed by atoms with Crippen LogP contribution < -0.4 is 5.32 Å². The smallest absolute Gasteiger partial charge is 0.0474 e. The Morgan fingerprint density at radius 2 is 2.21 bits per heavy atom. The van der Waals surface area contributed by atoms with Crippen LogP contribution in [0.15, 0.2) is 28.7 Å². The predicted molar refractivity (Wildman–Crippen MR) is 84.4 cm³/mol. The topological polar surface area (TPSA) is 24.5 Å². The van der Waals surface area contributed by atoms with Crippen molar-refractivity contribution in [1.29, 1.82) is 0 Å². The van der Waals surface area contributed by atoms with E-state index in [1.807, 2.05) is 0 Å². The fourth-order valence-electron chi connectivity index (χ4n) is 1.89. The summed E-state index contributed by atoms with van der Waals surface area (Å²) in [6, 6.07) is 9.00. The molecule has 0 saturated carbocycles. The van der Waals surface area contributed by atoms with Crippen LogP contribution in [0.2, 0.25) is 0 Å². The zero-order valence-corrected chi connectivity index (χ0v) is 13.7. The Labute approximate surface area is 125 Å². The highest BCUT2D eigenvalue weighted by Gasteiger charge is 2.09. The van der Waals surface area contributed by atoms with Gasteiger partial charge in [0.2, 0.25) is 0 Å². The van der Waals surface area contributed by atoms with Crippen molar-refractivity contribution < 1.29 is 4.74 Å². The molecule has 1 N–H and O–H groups in total. The first kappa shape index (κ1) is 16.6. The summed E-state index contributed by atoms with van der Waals surface area (Å²) in [6.45, 7) is 6.08. The van der Waals surface area contributed by atoms with E-state index >= 15 is 0 Å². The van der Waals surface area contributed by atoms with Gasteiger partial charge in [0.1, 0.15) is 0 Å². The number of hydrogen-bond acceptors (Lipinski definition) is 3. The van der Waals surface area contributed by atoms with Gasteiger partial charge in [-0.25, -0.2) is 0 Å². The molecule has 0 amide bonds. The molecule has 0 radical (unpaired) electrons. The van der Waals surface area contributed by atoms with E-state index in [1.165, 1.54) is 5.56 Å². The lowest BCUT2D eigenvalue weighted by Crippen LogP contribution is -2.37. The first-order valence-corrected chi connectivity index (χ1v) is 7.57. The van der Waals surface area contributed by atoms with Gasteiger partial charge >= 0.3 is 0 Å². The third-order valence-electron chi connectivity index (χ3n) is 3.22. The van der Waals surface area contributed by atoms with Gasteiger partial charge in [0.05, 0.1) is 0 Å².